The Bertz CT molecular complexity index is 1340. The Morgan fingerprint density at radius 1 is 0.717 bits per heavy atom. The molecular weight excluding hydrogens is 702 g/mol. The minimum absolute atomic E-state index is 0.0454. The first-order valence-corrected chi connectivity index (χ1v) is 17.2. The number of carbonyl (C=O) groups is 5. The van der Waals surface area contributed by atoms with E-state index in [4.69, 9.17) is 43.0 Å². The molecule has 1 fully saturated rings. The molecule has 4 rings (SSSR count). The van der Waals surface area contributed by atoms with Crippen molar-refractivity contribution in [3.63, 3.8) is 0 Å². The van der Waals surface area contributed by atoms with Gasteiger partial charge in [0.25, 0.3) is 0 Å². The van der Waals surface area contributed by atoms with Gasteiger partial charge in [-0.3, -0.25) is 9.59 Å². The molecule has 53 heavy (non-hydrogen) atoms. The van der Waals surface area contributed by atoms with E-state index in [-0.39, 0.29) is 61.6 Å². The fourth-order valence-electron chi connectivity index (χ4n) is 5.96. The number of carboxylic acid groups (broad SMARTS) is 1. The van der Waals surface area contributed by atoms with E-state index in [0.29, 0.717) is 42.9 Å². The van der Waals surface area contributed by atoms with Crippen LogP contribution >= 0.6 is 0 Å². The summed E-state index contributed by atoms with van der Waals surface area (Å²) in [6, 6.07) is -0.314. The third kappa shape index (κ3) is 14.5. The molecule has 0 spiro atoms. The molecule has 0 aromatic heterocycles. The second-order valence-corrected chi connectivity index (χ2v) is 12.3. The molecule has 0 unspecified atom stereocenters. The van der Waals surface area contributed by atoms with Crippen LogP contribution in [-0.4, -0.2) is 150 Å². The molecule has 9 atom stereocenters. The fourth-order valence-corrected chi connectivity index (χ4v) is 5.96. The summed E-state index contributed by atoms with van der Waals surface area (Å²) < 4.78 is 41.2. The third-order valence-corrected chi connectivity index (χ3v) is 8.44. The first kappa shape index (κ1) is 45.4. The third-order valence-electron chi connectivity index (χ3n) is 8.44. The van der Waals surface area contributed by atoms with Gasteiger partial charge in [-0.1, -0.05) is 0 Å². The highest BCUT2D eigenvalue weighted by Gasteiger charge is 2.47. The van der Waals surface area contributed by atoms with E-state index in [0.717, 1.165) is 6.42 Å². The van der Waals surface area contributed by atoms with Crippen molar-refractivity contribution in [2.75, 3.05) is 55.2 Å². The smallest absolute Gasteiger partial charge is 0.333 e. The van der Waals surface area contributed by atoms with Crippen molar-refractivity contribution in [2.24, 2.45) is 0 Å². The molecule has 2 amide bonds. The fraction of sp³-hybridized carbons (Fsp3) is 0.686. The maximum atomic E-state index is 11.9. The van der Waals surface area contributed by atoms with E-state index in [1.165, 1.54) is 41.3 Å². The number of carbonyl (C=O) groups excluding carboxylic acids is 4. The Morgan fingerprint density at radius 3 is 1.68 bits per heavy atom. The number of fused-ring (bicyclic) bond motifs is 1. The van der Waals surface area contributed by atoms with E-state index < -0.39 is 36.3 Å². The van der Waals surface area contributed by atoms with Crippen LogP contribution in [0.2, 0.25) is 0 Å². The predicted molar refractivity (Wildman–Crippen MR) is 186 cm³/mol. The number of nitrogens with one attached hydrogen (secondary N) is 3. The molecular formula is C35H55N3O15. The number of rotatable bonds is 15. The molecule has 1 heterocycles. The van der Waals surface area contributed by atoms with Gasteiger partial charge in [-0.2, -0.15) is 0 Å². The van der Waals surface area contributed by atoms with Crippen LogP contribution in [0, 0.1) is 0 Å². The quantitative estimate of drug-likeness (QED) is 0.0830. The maximum Gasteiger partial charge on any atom is 0.333 e. The van der Waals surface area contributed by atoms with Gasteiger partial charge in [-0.25, -0.2) is 14.4 Å². The second kappa shape index (κ2) is 23.1. The minimum atomic E-state index is -1.08. The number of hydrogen-bond acceptors (Lipinski definition) is 15. The average molecular weight is 758 g/mol. The zero-order valence-corrected chi connectivity index (χ0v) is 31.6. The maximum absolute atomic E-state index is 11.9. The molecule has 5 N–H and O–H groups in total. The number of aliphatic hydroxyl groups is 1. The van der Waals surface area contributed by atoms with Crippen LogP contribution in [0.4, 0.5) is 0 Å². The lowest BCUT2D eigenvalue weighted by molar-refractivity contribution is -0.141. The molecule has 0 bridgehead atoms. The lowest BCUT2D eigenvalue weighted by Crippen LogP contribution is -2.53. The molecule has 0 aromatic rings. The van der Waals surface area contributed by atoms with Crippen LogP contribution in [0.25, 0.3) is 0 Å². The molecule has 300 valence electrons. The molecule has 3 aliphatic carbocycles. The van der Waals surface area contributed by atoms with Crippen LogP contribution < -0.4 is 16.0 Å². The monoisotopic (exact) mass is 757 g/mol. The first-order valence-electron chi connectivity index (χ1n) is 17.2. The largest absolute Gasteiger partial charge is 0.478 e. The van der Waals surface area contributed by atoms with Gasteiger partial charge >= 0.3 is 17.9 Å². The van der Waals surface area contributed by atoms with Gasteiger partial charge in [0, 0.05) is 77.9 Å². The van der Waals surface area contributed by atoms with Crippen molar-refractivity contribution in [1.29, 1.82) is 0 Å². The van der Waals surface area contributed by atoms with Crippen molar-refractivity contribution in [3.05, 3.63) is 34.9 Å². The highest BCUT2D eigenvalue weighted by Crippen LogP contribution is 2.31. The summed E-state index contributed by atoms with van der Waals surface area (Å²) in [5, 5.41) is 27.1. The molecule has 1 aliphatic heterocycles. The van der Waals surface area contributed by atoms with Gasteiger partial charge in [-0.15, -0.1) is 0 Å². The molecule has 4 aliphatic rings. The summed E-state index contributed by atoms with van der Waals surface area (Å²) in [6.45, 7) is 7.28. The van der Waals surface area contributed by atoms with E-state index in [1.807, 2.05) is 6.08 Å². The van der Waals surface area contributed by atoms with Crippen molar-refractivity contribution in [3.8, 4) is 0 Å². The van der Waals surface area contributed by atoms with Gasteiger partial charge < -0.3 is 64.1 Å². The SMILES string of the molecule is CCOC(=O)C1=C[C@@H](OCOC)[C@@H]2N[C@@H]2C1.CCOC(=O)C1=C[C@@H](OCOC)[C@H](NC(C)=O)[C@@H](OC)C1.CO[C@H]1CC(C(=O)O)=C[C@@H](O)[C@@H]1NC(C)=O. The topological polar surface area (TPSA) is 246 Å². The normalized spacial score (nSPS) is 28.4. The van der Waals surface area contributed by atoms with Crippen LogP contribution in [0.3, 0.4) is 0 Å². The molecule has 1 saturated heterocycles. The summed E-state index contributed by atoms with van der Waals surface area (Å²) in [6.07, 6.45) is 3.43. The van der Waals surface area contributed by atoms with Gasteiger partial charge in [-0.05, 0) is 38.5 Å². The van der Waals surface area contributed by atoms with Gasteiger partial charge in [0.15, 0.2) is 0 Å². The lowest BCUT2D eigenvalue weighted by atomic mass is 9.89. The van der Waals surface area contributed by atoms with Gasteiger partial charge in [0.05, 0.1) is 55.8 Å². The summed E-state index contributed by atoms with van der Waals surface area (Å²) in [7, 11) is 6.02. The van der Waals surface area contributed by atoms with Crippen LogP contribution in [0.1, 0.15) is 47.0 Å². The Hall–Kier alpha value is -3.75. The van der Waals surface area contributed by atoms with E-state index in [9.17, 15) is 29.1 Å². The highest BCUT2D eigenvalue weighted by molar-refractivity contribution is 5.90. The van der Waals surface area contributed by atoms with Crippen LogP contribution in [0.15, 0.2) is 34.9 Å². The average Bonchev–Trinajstić information content (AvgIpc) is 3.91. The van der Waals surface area contributed by atoms with Crippen LogP contribution in [-0.2, 0) is 61.9 Å². The van der Waals surface area contributed by atoms with E-state index >= 15 is 0 Å². The van der Waals surface area contributed by atoms with Gasteiger partial charge in [0.1, 0.15) is 19.7 Å². The predicted octanol–water partition coefficient (Wildman–Crippen LogP) is -0.121. The van der Waals surface area contributed by atoms with E-state index in [1.54, 1.807) is 27.0 Å². The molecule has 18 heteroatoms. The summed E-state index contributed by atoms with van der Waals surface area (Å²) >= 11 is 0. The number of methoxy groups -OCH3 is 4. The number of hydrogen-bond donors (Lipinski definition) is 5. The minimum Gasteiger partial charge on any atom is -0.478 e. The Labute approximate surface area is 309 Å². The lowest BCUT2D eigenvalue weighted by Gasteiger charge is -2.35. The van der Waals surface area contributed by atoms with Crippen molar-refractivity contribution in [1.82, 2.24) is 16.0 Å². The number of ether oxygens (including phenoxy) is 8. The Morgan fingerprint density at radius 2 is 1.19 bits per heavy atom. The number of aliphatic hydroxyl groups excluding tert-OH is 1. The van der Waals surface area contributed by atoms with Crippen molar-refractivity contribution >= 4 is 29.7 Å². The molecule has 0 radical (unpaired) electrons. The highest BCUT2D eigenvalue weighted by atomic mass is 16.7. The zero-order valence-electron chi connectivity index (χ0n) is 31.6. The number of aliphatic carboxylic acids is 1. The Kier molecular flexibility index (Phi) is 19.8. The standard InChI is InChI=1S/C14H23NO6.C11H17NO4.C10H15NO5/c1-5-20-14(17)10-6-11(19-4)13(15-9(2)16)12(7-10)21-8-18-3;1-3-15-11(13)7-4-8-10(12-8)9(5-7)16-6-14-2;1-5(12)11-9-7(13)3-6(10(14)15)4-8(9)16-2/h7,11-13H,5-6,8H2,1-4H3,(H,15,16);5,8-10,12H,3-4,6H2,1-2H3;3,7-9,13H,4H2,1-2H3,(H,11,12)(H,14,15)/t11-,12+,13+;8-,9-,10-;7-,8+,9+/m011/s1. The summed E-state index contributed by atoms with van der Waals surface area (Å²) in [4.78, 5) is 56.5. The van der Waals surface area contributed by atoms with E-state index in [2.05, 4.69) is 16.0 Å². The summed E-state index contributed by atoms with van der Waals surface area (Å²) in [5.74, 6) is -2.20. The van der Waals surface area contributed by atoms with Crippen LogP contribution in [0.5, 0.6) is 0 Å². The first-order chi connectivity index (χ1) is 25.2. The molecule has 0 saturated carbocycles. The second-order valence-electron chi connectivity index (χ2n) is 12.3. The van der Waals surface area contributed by atoms with Crippen molar-refractivity contribution < 1.29 is 72.1 Å². The summed E-state index contributed by atoms with van der Waals surface area (Å²) in [5.41, 5.74) is 1.28. The number of amides is 2. The number of esters is 2. The zero-order chi connectivity index (χ0) is 39.7. The Balaban J connectivity index is 0.000000279. The van der Waals surface area contributed by atoms with Gasteiger partial charge in [0.2, 0.25) is 11.8 Å². The van der Waals surface area contributed by atoms with Crippen molar-refractivity contribution in [2.45, 2.75) is 102 Å². The molecule has 18 nitrogen and oxygen atoms in total. The number of carboxylic acids is 1. The molecule has 0 aromatic carbocycles.